The van der Waals surface area contributed by atoms with Gasteiger partial charge in [-0.05, 0) is 31.5 Å². The molecule has 0 saturated heterocycles. The van der Waals surface area contributed by atoms with Crippen molar-refractivity contribution in [2.24, 2.45) is 0 Å². The van der Waals surface area contributed by atoms with Gasteiger partial charge in [-0.15, -0.1) is 0 Å². The van der Waals surface area contributed by atoms with E-state index < -0.39 is 17.7 Å². The van der Waals surface area contributed by atoms with Gasteiger partial charge in [0, 0.05) is 17.8 Å². The number of carbonyl (C=O) groups is 3. The number of hydrogen-bond acceptors (Lipinski definition) is 7. The number of esters is 1. The number of ketones is 1. The van der Waals surface area contributed by atoms with E-state index in [1.807, 2.05) is 0 Å². The average Bonchev–Trinajstić information content (AvgIpc) is 3.07. The number of hydrogen-bond donors (Lipinski definition) is 3. The summed E-state index contributed by atoms with van der Waals surface area (Å²) in [7, 11) is 2.95. The summed E-state index contributed by atoms with van der Waals surface area (Å²) >= 11 is 0. The van der Waals surface area contributed by atoms with Gasteiger partial charge in [-0.3, -0.25) is 9.59 Å². The molecule has 3 N–H and O–H groups in total. The number of aromatic amines is 1. The minimum Gasteiger partial charge on any atom is -0.493 e. The van der Waals surface area contributed by atoms with E-state index >= 15 is 0 Å². The van der Waals surface area contributed by atoms with E-state index in [0.29, 0.717) is 22.8 Å². The Morgan fingerprint density at radius 1 is 1.14 bits per heavy atom. The Bertz CT molecular complexity index is 918. The lowest BCUT2D eigenvalue weighted by Gasteiger charge is -2.12. The molecule has 1 aromatic heterocycles. The number of aromatic nitrogens is 1. The number of H-pyrrole nitrogens is 1. The molecule has 1 amide bonds. The third-order valence-electron chi connectivity index (χ3n) is 4.17. The molecule has 0 atom stereocenters. The molecule has 156 valence electrons. The highest BCUT2D eigenvalue weighted by Gasteiger charge is 2.30. The maximum atomic E-state index is 12.7. The second kappa shape index (κ2) is 9.74. The van der Waals surface area contributed by atoms with Crippen LogP contribution in [-0.4, -0.2) is 61.7 Å². The van der Waals surface area contributed by atoms with Crippen LogP contribution in [-0.2, 0) is 9.53 Å². The van der Waals surface area contributed by atoms with E-state index in [2.05, 4.69) is 10.3 Å². The zero-order chi connectivity index (χ0) is 21.6. The van der Waals surface area contributed by atoms with Gasteiger partial charge in [-0.1, -0.05) is 6.07 Å². The molecule has 0 unspecified atom stereocenters. The second-order valence-electron chi connectivity index (χ2n) is 5.97. The van der Waals surface area contributed by atoms with Crippen LogP contribution in [0.25, 0.3) is 11.1 Å². The predicted molar refractivity (Wildman–Crippen MR) is 104 cm³/mol. The van der Waals surface area contributed by atoms with Crippen LogP contribution in [0.4, 0.5) is 0 Å². The first kappa shape index (κ1) is 22.0. The summed E-state index contributed by atoms with van der Waals surface area (Å²) in [6.07, 6.45) is 0. The third-order valence-corrected chi connectivity index (χ3v) is 4.17. The largest absolute Gasteiger partial charge is 0.493 e. The molecule has 9 nitrogen and oxygen atoms in total. The molecular formula is C20H24N2O7. The number of ether oxygens (including phenoxy) is 3. The van der Waals surface area contributed by atoms with Crippen LogP contribution in [0.3, 0.4) is 0 Å². The lowest BCUT2D eigenvalue weighted by atomic mass is 9.97. The van der Waals surface area contributed by atoms with Gasteiger partial charge in [0.25, 0.3) is 11.7 Å². The molecule has 0 aliphatic heterocycles. The van der Waals surface area contributed by atoms with Crippen LogP contribution in [0.15, 0.2) is 18.2 Å². The van der Waals surface area contributed by atoms with Gasteiger partial charge >= 0.3 is 5.97 Å². The van der Waals surface area contributed by atoms with E-state index in [0.717, 1.165) is 0 Å². The number of Topliss-reactive ketones (excluding diaryl/α,β-unsaturated/α-hetero) is 1. The summed E-state index contributed by atoms with van der Waals surface area (Å²) in [5, 5.41) is 11.2. The van der Waals surface area contributed by atoms with Crippen LogP contribution < -0.4 is 14.8 Å². The van der Waals surface area contributed by atoms with Crippen molar-refractivity contribution in [3.05, 3.63) is 35.2 Å². The SMILES string of the molecule is CCOC(=O)c1c(C)[nH]c(C(=O)C(=O)NCCO)c1-c1ccc(OC)c(OC)c1. The number of aryl methyl sites for hydroxylation is 1. The summed E-state index contributed by atoms with van der Waals surface area (Å²) < 4.78 is 15.7. The molecule has 1 aromatic carbocycles. The van der Waals surface area contributed by atoms with Crippen LogP contribution in [0.2, 0.25) is 0 Å². The molecular weight excluding hydrogens is 380 g/mol. The van der Waals surface area contributed by atoms with Gasteiger partial charge in [0.15, 0.2) is 11.5 Å². The number of carbonyl (C=O) groups excluding carboxylic acids is 3. The van der Waals surface area contributed by atoms with E-state index in [4.69, 9.17) is 19.3 Å². The molecule has 9 heteroatoms. The summed E-state index contributed by atoms with van der Waals surface area (Å²) in [5.41, 5.74) is 1.16. The van der Waals surface area contributed by atoms with Crippen molar-refractivity contribution in [3.8, 4) is 22.6 Å². The molecule has 0 aliphatic carbocycles. The Balaban J connectivity index is 2.68. The predicted octanol–water partition coefficient (Wildman–Crippen LogP) is 1.48. The van der Waals surface area contributed by atoms with Crippen molar-refractivity contribution in [1.82, 2.24) is 10.3 Å². The molecule has 0 fully saturated rings. The number of amides is 1. The number of nitrogens with one attached hydrogen (secondary N) is 2. The maximum Gasteiger partial charge on any atom is 0.340 e. The first-order valence-electron chi connectivity index (χ1n) is 8.94. The number of aliphatic hydroxyl groups excluding tert-OH is 1. The highest BCUT2D eigenvalue weighted by molar-refractivity contribution is 6.43. The zero-order valence-corrected chi connectivity index (χ0v) is 16.8. The summed E-state index contributed by atoms with van der Waals surface area (Å²) in [6, 6.07) is 4.88. The third kappa shape index (κ3) is 4.57. The molecule has 0 aliphatic rings. The summed E-state index contributed by atoms with van der Waals surface area (Å²) in [4.78, 5) is 40.3. The van der Waals surface area contributed by atoms with Gasteiger partial charge in [-0.2, -0.15) is 0 Å². The van der Waals surface area contributed by atoms with Gasteiger partial charge in [0.1, 0.15) is 5.69 Å². The van der Waals surface area contributed by atoms with Gasteiger partial charge in [0.05, 0.1) is 33.0 Å². The standard InChI is InChI=1S/C20H24N2O7/c1-5-29-20(26)15-11(2)22-17(18(24)19(25)21-8-9-23)16(15)12-6-7-13(27-3)14(10-12)28-4/h6-7,10,22-23H,5,8-9H2,1-4H3,(H,21,25). The Labute approximate surface area is 168 Å². The number of benzene rings is 1. The van der Waals surface area contributed by atoms with E-state index in [9.17, 15) is 14.4 Å². The molecule has 2 aromatic rings. The lowest BCUT2D eigenvalue weighted by molar-refractivity contribution is -0.117. The lowest BCUT2D eigenvalue weighted by Crippen LogP contribution is -2.33. The van der Waals surface area contributed by atoms with Crippen molar-refractivity contribution < 1.29 is 33.7 Å². The summed E-state index contributed by atoms with van der Waals surface area (Å²) in [5.74, 6) is -1.54. The monoisotopic (exact) mass is 404 g/mol. The van der Waals surface area contributed by atoms with Crippen LogP contribution in [0.1, 0.15) is 33.5 Å². The second-order valence-corrected chi connectivity index (χ2v) is 5.97. The van der Waals surface area contributed by atoms with Gasteiger partial charge in [0.2, 0.25) is 0 Å². The van der Waals surface area contributed by atoms with E-state index in [1.165, 1.54) is 14.2 Å². The van der Waals surface area contributed by atoms with E-state index in [-0.39, 0.29) is 36.6 Å². The van der Waals surface area contributed by atoms with Crippen molar-refractivity contribution in [2.75, 3.05) is 34.0 Å². The van der Waals surface area contributed by atoms with Gasteiger partial charge in [-0.25, -0.2) is 4.79 Å². The summed E-state index contributed by atoms with van der Waals surface area (Å²) in [6.45, 7) is 3.05. The Hall–Kier alpha value is -3.33. The topological polar surface area (TPSA) is 127 Å². The zero-order valence-electron chi connectivity index (χ0n) is 16.8. The molecule has 0 spiro atoms. The molecule has 0 radical (unpaired) electrons. The van der Waals surface area contributed by atoms with Crippen molar-refractivity contribution in [1.29, 1.82) is 0 Å². The number of methoxy groups -OCH3 is 2. The molecule has 0 saturated carbocycles. The van der Waals surface area contributed by atoms with Crippen molar-refractivity contribution in [3.63, 3.8) is 0 Å². The molecule has 1 heterocycles. The highest BCUT2D eigenvalue weighted by atomic mass is 16.5. The molecule has 0 bridgehead atoms. The maximum absolute atomic E-state index is 12.7. The van der Waals surface area contributed by atoms with Crippen LogP contribution in [0, 0.1) is 6.92 Å². The molecule has 29 heavy (non-hydrogen) atoms. The fourth-order valence-corrected chi connectivity index (χ4v) is 2.90. The van der Waals surface area contributed by atoms with Crippen molar-refractivity contribution >= 4 is 17.7 Å². The van der Waals surface area contributed by atoms with Crippen LogP contribution in [0.5, 0.6) is 11.5 Å². The Morgan fingerprint density at radius 3 is 2.41 bits per heavy atom. The number of rotatable bonds is 9. The van der Waals surface area contributed by atoms with Crippen molar-refractivity contribution in [2.45, 2.75) is 13.8 Å². The highest BCUT2D eigenvalue weighted by Crippen LogP contribution is 2.37. The first-order chi connectivity index (χ1) is 13.9. The van der Waals surface area contributed by atoms with Crippen LogP contribution >= 0.6 is 0 Å². The number of aliphatic hydroxyl groups is 1. The first-order valence-corrected chi connectivity index (χ1v) is 8.94. The Kier molecular flexibility index (Phi) is 7.38. The smallest absolute Gasteiger partial charge is 0.340 e. The Morgan fingerprint density at radius 2 is 1.83 bits per heavy atom. The fourth-order valence-electron chi connectivity index (χ4n) is 2.90. The quantitative estimate of drug-likeness (QED) is 0.328. The molecule has 2 rings (SSSR count). The minimum atomic E-state index is -0.905. The van der Waals surface area contributed by atoms with E-state index in [1.54, 1.807) is 32.0 Å². The van der Waals surface area contributed by atoms with Gasteiger partial charge < -0.3 is 29.6 Å². The fraction of sp³-hybridized carbons (Fsp3) is 0.350. The normalized spacial score (nSPS) is 10.4. The average molecular weight is 404 g/mol. The minimum absolute atomic E-state index is 0.0618.